The zero-order chi connectivity index (χ0) is 27.9. The Labute approximate surface area is 242 Å². The van der Waals surface area contributed by atoms with Gasteiger partial charge in [0.1, 0.15) is 23.6 Å². The average molecular weight is 579 g/mol. The van der Waals surface area contributed by atoms with Crippen LogP contribution in [0, 0.1) is 5.82 Å². The van der Waals surface area contributed by atoms with Gasteiger partial charge >= 0.3 is 0 Å². The van der Waals surface area contributed by atoms with Crippen molar-refractivity contribution in [3.05, 3.63) is 78.4 Å². The summed E-state index contributed by atoms with van der Waals surface area (Å²) in [7, 11) is 0. The second-order valence-electron chi connectivity index (χ2n) is 10.4. The van der Waals surface area contributed by atoms with Crippen LogP contribution in [0.3, 0.4) is 0 Å². The van der Waals surface area contributed by atoms with E-state index in [4.69, 9.17) is 5.73 Å². The SMILES string of the molecule is C[C@H](O)Cn1cc(-c2cc3c(N4CCN(c5ncc([C@@](C)(N)c6ccc(F)cc6)cn5)CC4)ncnc3[nH]2)cn1.Cl. The lowest BCUT2D eigenvalue weighted by atomic mass is 9.87. The van der Waals surface area contributed by atoms with Gasteiger partial charge in [0.15, 0.2) is 0 Å². The van der Waals surface area contributed by atoms with E-state index in [1.165, 1.54) is 12.1 Å². The minimum absolute atomic E-state index is 0. The van der Waals surface area contributed by atoms with Gasteiger partial charge in [0.2, 0.25) is 5.95 Å². The van der Waals surface area contributed by atoms with Crippen molar-refractivity contribution in [3.63, 3.8) is 0 Å². The van der Waals surface area contributed by atoms with Crippen molar-refractivity contribution in [2.45, 2.75) is 32.0 Å². The molecule has 41 heavy (non-hydrogen) atoms. The predicted molar refractivity (Wildman–Crippen MR) is 158 cm³/mol. The Balaban J connectivity index is 0.00000337. The summed E-state index contributed by atoms with van der Waals surface area (Å²) >= 11 is 0. The number of hydrogen-bond donors (Lipinski definition) is 3. The van der Waals surface area contributed by atoms with Crippen molar-refractivity contribution in [3.8, 4) is 11.3 Å². The third-order valence-corrected chi connectivity index (χ3v) is 7.34. The Morgan fingerprint density at radius 3 is 2.37 bits per heavy atom. The van der Waals surface area contributed by atoms with Gasteiger partial charge in [-0.3, -0.25) is 4.68 Å². The molecule has 5 heterocycles. The van der Waals surface area contributed by atoms with Crippen molar-refractivity contribution in [2.24, 2.45) is 5.73 Å². The van der Waals surface area contributed by atoms with Crippen molar-refractivity contribution < 1.29 is 9.50 Å². The van der Waals surface area contributed by atoms with E-state index in [2.05, 4.69) is 39.8 Å². The number of aromatic amines is 1. The number of benzene rings is 1. The fourth-order valence-electron chi connectivity index (χ4n) is 5.04. The maximum atomic E-state index is 13.4. The molecule has 0 saturated carbocycles. The first-order chi connectivity index (χ1) is 19.3. The Morgan fingerprint density at radius 1 is 1.00 bits per heavy atom. The Bertz CT molecular complexity index is 1610. The van der Waals surface area contributed by atoms with Crippen LogP contribution < -0.4 is 15.5 Å². The normalized spacial score (nSPS) is 15.9. The Kier molecular flexibility index (Phi) is 7.89. The van der Waals surface area contributed by atoms with Crippen LogP contribution in [0.5, 0.6) is 0 Å². The molecule has 2 atom stereocenters. The number of H-pyrrole nitrogens is 1. The van der Waals surface area contributed by atoms with Crippen molar-refractivity contribution >= 4 is 35.2 Å². The lowest BCUT2D eigenvalue weighted by molar-refractivity contribution is 0.168. The molecule has 4 aromatic heterocycles. The zero-order valence-electron chi connectivity index (χ0n) is 22.8. The van der Waals surface area contributed by atoms with E-state index < -0.39 is 11.6 Å². The second-order valence-corrected chi connectivity index (χ2v) is 10.4. The summed E-state index contributed by atoms with van der Waals surface area (Å²) in [4.78, 5) is 26.0. The third-order valence-electron chi connectivity index (χ3n) is 7.34. The van der Waals surface area contributed by atoms with Crippen LogP contribution in [-0.4, -0.2) is 72.1 Å². The van der Waals surface area contributed by atoms with Gasteiger partial charge in [-0.2, -0.15) is 5.10 Å². The molecule has 0 radical (unpaired) electrons. The lowest BCUT2D eigenvalue weighted by Gasteiger charge is -2.35. The van der Waals surface area contributed by atoms with Gasteiger partial charge in [-0.25, -0.2) is 24.3 Å². The number of aromatic nitrogens is 7. The number of aliphatic hydroxyl groups is 1. The molecule has 1 aliphatic rings. The fraction of sp³-hybridized carbons (Fsp3) is 0.321. The lowest BCUT2D eigenvalue weighted by Crippen LogP contribution is -2.47. The van der Waals surface area contributed by atoms with Gasteiger partial charge in [-0.15, -0.1) is 12.4 Å². The first kappa shape index (κ1) is 28.4. The van der Waals surface area contributed by atoms with E-state index in [1.54, 1.807) is 48.7 Å². The highest BCUT2D eigenvalue weighted by molar-refractivity contribution is 5.91. The van der Waals surface area contributed by atoms with E-state index in [-0.39, 0.29) is 18.2 Å². The number of anilines is 2. The van der Waals surface area contributed by atoms with E-state index in [1.807, 2.05) is 19.2 Å². The highest BCUT2D eigenvalue weighted by Gasteiger charge is 2.26. The topological polar surface area (TPSA) is 138 Å². The highest BCUT2D eigenvalue weighted by atomic mass is 35.5. The van der Waals surface area contributed by atoms with Crippen LogP contribution in [0.2, 0.25) is 0 Å². The van der Waals surface area contributed by atoms with Crippen molar-refractivity contribution in [1.29, 1.82) is 0 Å². The molecule has 1 fully saturated rings. The molecule has 5 aromatic rings. The van der Waals surface area contributed by atoms with Crippen LogP contribution >= 0.6 is 12.4 Å². The van der Waals surface area contributed by atoms with Gasteiger partial charge < -0.3 is 25.6 Å². The maximum Gasteiger partial charge on any atom is 0.225 e. The molecular weight excluding hydrogens is 547 g/mol. The molecule has 1 aromatic carbocycles. The summed E-state index contributed by atoms with van der Waals surface area (Å²) in [5, 5.41) is 14.9. The molecule has 214 valence electrons. The standard InChI is InChI=1S/C28H31FN10O.ClH/c1-18(40)15-39-16-19(12-35-39)24-11-23-25(36-24)33-17-34-26(23)37-7-9-38(10-8-37)27-31-13-21(14-32-27)28(2,30)20-3-5-22(29)6-4-20;/h3-6,11-14,16-18,40H,7-10,15,30H2,1-2H3,(H,33,34,36);1H/t18-,28-;/m0./s1. The van der Waals surface area contributed by atoms with Crippen molar-refractivity contribution in [1.82, 2.24) is 34.7 Å². The smallest absolute Gasteiger partial charge is 0.225 e. The number of hydrogen-bond acceptors (Lipinski definition) is 9. The average Bonchev–Trinajstić information content (AvgIpc) is 3.60. The van der Waals surface area contributed by atoms with E-state index in [0.29, 0.717) is 12.5 Å². The maximum absolute atomic E-state index is 13.4. The number of nitrogens with one attached hydrogen (secondary N) is 1. The number of rotatable bonds is 7. The predicted octanol–water partition coefficient (Wildman–Crippen LogP) is 3.10. The number of nitrogens with zero attached hydrogens (tertiary/aromatic N) is 8. The Hall–Kier alpha value is -4.13. The van der Waals surface area contributed by atoms with Crippen LogP contribution in [0.1, 0.15) is 25.0 Å². The van der Waals surface area contributed by atoms with Crippen molar-refractivity contribution in [2.75, 3.05) is 36.0 Å². The fourth-order valence-corrected chi connectivity index (χ4v) is 5.04. The molecule has 0 spiro atoms. The van der Waals surface area contributed by atoms with Gasteiger partial charge in [-0.1, -0.05) is 12.1 Å². The van der Waals surface area contributed by atoms with Gasteiger partial charge in [0, 0.05) is 55.9 Å². The largest absolute Gasteiger partial charge is 0.391 e. The number of nitrogens with two attached hydrogens (primary N) is 1. The zero-order valence-corrected chi connectivity index (χ0v) is 23.6. The summed E-state index contributed by atoms with van der Waals surface area (Å²) in [6, 6.07) is 8.23. The minimum Gasteiger partial charge on any atom is -0.391 e. The first-order valence-corrected chi connectivity index (χ1v) is 13.2. The summed E-state index contributed by atoms with van der Waals surface area (Å²) in [5.74, 6) is 1.22. The van der Waals surface area contributed by atoms with E-state index in [0.717, 1.165) is 65.4 Å². The summed E-state index contributed by atoms with van der Waals surface area (Å²) in [6.07, 6.45) is 8.28. The highest BCUT2D eigenvalue weighted by Crippen LogP contribution is 2.30. The first-order valence-electron chi connectivity index (χ1n) is 13.2. The molecule has 6 rings (SSSR count). The molecule has 1 aliphatic heterocycles. The summed E-state index contributed by atoms with van der Waals surface area (Å²) in [5.41, 5.74) is 9.85. The van der Waals surface area contributed by atoms with E-state index in [9.17, 15) is 9.50 Å². The van der Waals surface area contributed by atoms with Crippen LogP contribution in [0.25, 0.3) is 22.3 Å². The molecule has 11 nitrogen and oxygen atoms in total. The monoisotopic (exact) mass is 578 g/mol. The molecule has 1 saturated heterocycles. The molecule has 0 bridgehead atoms. The number of aliphatic hydroxyl groups excluding tert-OH is 1. The molecule has 0 unspecified atom stereocenters. The molecule has 0 aliphatic carbocycles. The molecule has 0 amide bonds. The van der Waals surface area contributed by atoms with Gasteiger partial charge in [-0.05, 0) is 37.6 Å². The van der Waals surface area contributed by atoms with Gasteiger partial charge in [0.05, 0.1) is 35.5 Å². The number of piperazine rings is 1. The van der Waals surface area contributed by atoms with Crippen LogP contribution in [0.4, 0.5) is 16.2 Å². The van der Waals surface area contributed by atoms with Gasteiger partial charge in [0.25, 0.3) is 0 Å². The number of fused-ring (bicyclic) bond motifs is 1. The summed E-state index contributed by atoms with van der Waals surface area (Å²) < 4.78 is 15.1. The minimum atomic E-state index is -0.839. The van der Waals surface area contributed by atoms with Crippen LogP contribution in [0.15, 0.2) is 61.4 Å². The quantitative estimate of drug-likeness (QED) is 0.266. The number of halogens is 2. The summed E-state index contributed by atoms with van der Waals surface area (Å²) in [6.45, 7) is 6.98. The molecule has 4 N–H and O–H groups in total. The molecule has 13 heteroatoms. The molecular formula is C28H32ClFN10O. The second kappa shape index (κ2) is 11.4. The Morgan fingerprint density at radius 2 is 1.68 bits per heavy atom. The third kappa shape index (κ3) is 5.71. The van der Waals surface area contributed by atoms with E-state index >= 15 is 0 Å². The van der Waals surface area contributed by atoms with Crippen LogP contribution in [-0.2, 0) is 12.1 Å².